The summed E-state index contributed by atoms with van der Waals surface area (Å²) in [6, 6.07) is 9.92. The van der Waals surface area contributed by atoms with E-state index in [1.165, 1.54) is 0 Å². The van der Waals surface area contributed by atoms with Gasteiger partial charge < -0.3 is 43.8 Å². The topological polar surface area (TPSA) is 203 Å². The third-order valence-electron chi connectivity index (χ3n) is 4.27. The molecule has 0 aliphatic carbocycles. The van der Waals surface area contributed by atoms with Crippen LogP contribution in [0.25, 0.3) is 0 Å². The van der Waals surface area contributed by atoms with Gasteiger partial charge in [-0.1, -0.05) is 6.92 Å². The van der Waals surface area contributed by atoms with E-state index >= 15 is 0 Å². The normalized spacial score (nSPS) is 10.6. The van der Waals surface area contributed by atoms with E-state index in [0.717, 1.165) is 30.9 Å². The van der Waals surface area contributed by atoms with E-state index in [-0.39, 0.29) is 13.2 Å². The van der Waals surface area contributed by atoms with Crippen molar-refractivity contribution in [2.24, 2.45) is 17.4 Å². The van der Waals surface area contributed by atoms with Gasteiger partial charge >= 0.3 is 0 Å². The minimum atomic E-state index is -0.504. The first-order chi connectivity index (χ1) is 15.6. The molecule has 0 aliphatic rings. The van der Waals surface area contributed by atoms with Crippen molar-refractivity contribution in [1.29, 1.82) is 0 Å². The molecule has 10 heteroatoms. The average molecular weight is 463 g/mol. The number of anilines is 4. The number of hydrogen-bond acceptors (Lipinski definition) is 8. The van der Waals surface area contributed by atoms with Gasteiger partial charge in [-0.3, -0.25) is 9.59 Å². The third-order valence-corrected chi connectivity index (χ3v) is 4.27. The highest BCUT2D eigenvalue weighted by atomic mass is 16.3. The molecule has 0 radical (unpaired) electrons. The van der Waals surface area contributed by atoms with Crippen LogP contribution in [0.15, 0.2) is 36.4 Å². The minimum absolute atomic E-state index is 0.250. The van der Waals surface area contributed by atoms with Crippen LogP contribution >= 0.6 is 0 Å². The van der Waals surface area contributed by atoms with Crippen LogP contribution in [0.3, 0.4) is 0 Å². The quantitative estimate of drug-likeness (QED) is 0.256. The number of benzene rings is 2. The van der Waals surface area contributed by atoms with Crippen molar-refractivity contribution in [3.05, 3.63) is 47.5 Å². The molecule has 0 aliphatic heterocycles. The second-order valence-corrected chi connectivity index (χ2v) is 7.17. The zero-order valence-corrected chi connectivity index (χ0v) is 19.6. The van der Waals surface area contributed by atoms with Crippen molar-refractivity contribution >= 4 is 34.6 Å². The summed E-state index contributed by atoms with van der Waals surface area (Å²) in [7, 11) is 0. The molecule has 0 spiro atoms. The number of carbonyl (C=O) groups excluding carboxylic acids is 2. The van der Waals surface area contributed by atoms with Crippen molar-refractivity contribution in [2.75, 3.05) is 48.4 Å². The summed E-state index contributed by atoms with van der Waals surface area (Å²) in [5.41, 5.74) is 25.6. The highest BCUT2D eigenvalue weighted by Crippen LogP contribution is 2.22. The third kappa shape index (κ3) is 11.6. The summed E-state index contributed by atoms with van der Waals surface area (Å²) in [6.07, 6.45) is 0.892. The van der Waals surface area contributed by atoms with E-state index in [4.69, 9.17) is 33.1 Å². The van der Waals surface area contributed by atoms with Crippen molar-refractivity contribution in [1.82, 2.24) is 0 Å². The molecule has 0 fully saturated rings. The first-order valence-electron chi connectivity index (χ1n) is 10.7. The Bertz CT molecular complexity index is 874. The molecule has 0 bridgehead atoms. The molecule has 2 rings (SSSR count). The van der Waals surface area contributed by atoms with Crippen molar-refractivity contribution < 1.29 is 19.8 Å². The average Bonchev–Trinajstić information content (AvgIpc) is 2.75. The van der Waals surface area contributed by atoms with E-state index in [1.807, 2.05) is 0 Å². The lowest BCUT2D eigenvalue weighted by atomic mass is 10.1. The van der Waals surface area contributed by atoms with Gasteiger partial charge in [0.25, 0.3) is 0 Å². The highest BCUT2D eigenvalue weighted by Gasteiger charge is 2.08. The second kappa shape index (κ2) is 16.2. The van der Waals surface area contributed by atoms with Crippen LogP contribution in [0.5, 0.6) is 0 Å². The summed E-state index contributed by atoms with van der Waals surface area (Å²) in [5, 5.41) is 21.7. The van der Waals surface area contributed by atoms with Crippen LogP contribution < -0.4 is 33.6 Å². The number of rotatable bonds is 9. The van der Waals surface area contributed by atoms with Crippen LogP contribution in [0, 0.1) is 5.92 Å². The van der Waals surface area contributed by atoms with E-state index in [1.54, 1.807) is 50.2 Å². The number of aliphatic hydroxyl groups is 2. The number of nitrogen functional groups attached to an aromatic ring is 2. The first kappa shape index (κ1) is 29.5. The summed E-state index contributed by atoms with van der Waals surface area (Å²) in [5.74, 6) is -0.647. The molecule has 12 N–H and O–H groups in total. The number of nitrogens with one attached hydrogen (secondary N) is 2. The standard InChI is InChI=1S/C19H26N6O2.2C2H6O/c1-11(10-25-17-5-3-13(19(23)27)9-15(17)21)6-7-24-16-4-2-12(18(22)26)8-14(16)20;2*1-2-3/h2-5,8-9,11,24-25H,6-7,10,20-21H2,1H3,(H2,22,26)(H2,23,27);2*3H,2H2,1H3. The van der Waals surface area contributed by atoms with Gasteiger partial charge in [0.1, 0.15) is 0 Å². The number of aliphatic hydroxyl groups excluding tert-OH is 2. The smallest absolute Gasteiger partial charge is 0.248 e. The summed E-state index contributed by atoms with van der Waals surface area (Å²) < 4.78 is 0. The molecule has 2 aromatic carbocycles. The fourth-order valence-corrected chi connectivity index (χ4v) is 2.59. The lowest BCUT2D eigenvalue weighted by Gasteiger charge is -2.16. The molecule has 0 saturated carbocycles. The second-order valence-electron chi connectivity index (χ2n) is 7.17. The number of nitrogens with two attached hydrogens (primary N) is 4. The lowest BCUT2D eigenvalue weighted by Crippen LogP contribution is -2.17. The monoisotopic (exact) mass is 462 g/mol. The molecule has 2 amide bonds. The molecule has 0 saturated heterocycles. The molecule has 0 aromatic heterocycles. The van der Waals surface area contributed by atoms with E-state index in [9.17, 15) is 9.59 Å². The van der Waals surface area contributed by atoms with Gasteiger partial charge in [-0.05, 0) is 62.6 Å². The Kier molecular flexibility index (Phi) is 14.5. The predicted octanol–water partition coefficient (Wildman–Crippen LogP) is 1.60. The van der Waals surface area contributed by atoms with Gasteiger partial charge in [-0.15, -0.1) is 0 Å². The van der Waals surface area contributed by atoms with Crippen LogP contribution in [0.2, 0.25) is 0 Å². The Morgan fingerprint density at radius 2 is 1.24 bits per heavy atom. The Morgan fingerprint density at radius 1 is 0.848 bits per heavy atom. The Morgan fingerprint density at radius 3 is 1.61 bits per heavy atom. The maximum atomic E-state index is 11.1. The SMILES string of the molecule is CC(CCNc1ccc(C(N)=O)cc1N)CNc1ccc(C(N)=O)cc1N.CCO.CCO. The molecular formula is C23H38N6O4. The molecule has 1 unspecified atom stereocenters. The van der Waals surface area contributed by atoms with Crippen LogP contribution in [0.1, 0.15) is 47.9 Å². The van der Waals surface area contributed by atoms with Gasteiger partial charge in [0.15, 0.2) is 0 Å². The van der Waals surface area contributed by atoms with Crippen LogP contribution in [0.4, 0.5) is 22.7 Å². The predicted molar refractivity (Wildman–Crippen MR) is 135 cm³/mol. The van der Waals surface area contributed by atoms with Gasteiger partial charge in [0, 0.05) is 37.4 Å². The molecule has 2 aromatic rings. The zero-order valence-electron chi connectivity index (χ0n) is 19.6. The van der Waals surface area contributed by atoms with Gasteiger partial charge in [0.2, 0.25) is 11.8 Å². The molecule has 33 heavy (non-hydrogen) atoms. The van der Waals surface area contributed by atoms with E-state index in [0.29, 0.717) is 28.4 Å². The van der Waals surface area contributed by atoms with E-state index < -0.39 is 11.8 Å². The maximum absolute atomic E-state index is 11.1. The van der Waals surface area contributed by atoms with Gasteiger partial charge in [0.05, 0.1) is 22.7 Å². The number of primary amides is 2. The van der Waals surface area contributed by atoms with Crippen molar-refractivity contribution in [3.63, 3.8) is 0 Å². The van der Waals surface area contributed by atoms with Crippen LogP contribution in [-0.4, -0.2) is 48.3 Å². The fourth-order valence-electron chi connectivity index (χ4n) is 2.59. The number of carbonyl (C=O) groups is 2. The van der Waals surface area contributed by atoms with Gasteiger partial charge in [-0.25, -0.2) is 0 Å². The summed E-state index contributed by atoms with van der Waals surface area (Å²) in [6.45, 7) is 7.42. The Balaban J connectivity index is 0.00000154. The molecule has 184 valence electrons. The highest BCUT2D eigenvalue weighted by molar-refractivity contribution is 5.95. The van der Waals surface area contributed by atoms with Gasteiger partial charge in [-0.2, -0.15) is 0 Å². The number of hydrogen-bond donors (Lipinski definition) is 8. The molecule has 0 heterocycles. The van der Waals surface area contributed by atoms with Crippen molar-refractivity contribution in [3.8, 4) is 0 Å². The molecular weight excluding hydrogens is 424 g/mol. The lowest BCUT2D eigenvalue weighted by molar-refractivity contribution is 0.0992. The summed E-state index contributed by atoms with van der Waals surface area (Å²) >= 11 is 0. The number of amides is 2. The zero-order chi connectivity index (χ0) is 25.4. The van der Waals surface area contributed by atoms with E-state index in [2.05, 4.69) is 17.6 Å². The summed E-state index contributed by atoms with van der Waals surface area (Å²) in [4.78, 5) is 22.3. The fraction of sp³-hybridized carbons (Fsp3) is 0.391. The Hall–Kier alpha value is -3.50. The molecule has 1 atom stereocenters. The minimum Gasteiger partial charge on any atom is -0.397 e. The molecule has 10 nitrogen and oxygen atoms in total. The van der Waals surface area contributed by atoms with Crippen LogP contribution in [-0.2, 0) is 0 Å². The van der Waals surface area contributed by atoms with Crippen molar-refractivity contribution in [2.45, 2.75) is 27.2 Å². The first-order valence-corrected chi connectivity index (χ1v) is 10.7. The largest absolute Gasteiger partial charge is 0.397 e. The maximum Gasteiger partial charge on any atom is 0.248 e. The Labute approximate surface area is 195 Å².